The lowest BCUT2D eigenvalue weighted by Crippen LogP contribution is -2.45. The van der Waals surface area contributed by atoms with Gasteiger partial charge in [0.15, 0.2) is 0 Å². The first-order chi connectivity index (χ1) is 12.9. The largest absolute Gasteiger partial charge is 0.368 e. The van der Waals surface area contributed by atoms with Crippen molar-refractivity contribution in [3.63, 3.8) is 0 Å². The molecule has 0 radical (unpaired) electrons. The smallest absolute Gasteiger partial charge is 0.239 e. The Balaban J connectivity index is 1.62. The molecule has 1 fully saturated rings. The predicted octanol–water partition coefficient (Wildman–Crippen LogP) is 1.94. The fourth-order valence-electron chi connectivity index (χ4n) is 4.22. The van der Waals surface area contributed by atoms with Crippen molar-refractivity contribution in [2.45, 2.75) is 18.4 Å². The van der Waals surface area contributed by atoms with Crippen LogP contribution in [-0.2, 0) is 21.5 Å². The van der Waals surface area contributed by atoms with E-state index in [-0.39, 0.29) is 12.5 Å². The van der Waals surface area contributed by atoms with Gasteiger partial charge in [-0.2, -0.15) is 0 Å². The van der Waals surface area contributed by atoms with Crippen molar-refractivity contribution in [3.8, 4) is 0 Å². The lowest BCUT2D eigenvalue weighted by molar-refractivity contribution is -0.125. The van der Waals surface area contributed by atoms with Crippen molar-refractivity contribution in [2.24, 2.45) is 5.73 Å². The average molecular weight is 371 g/mol. The molecule has 7 heteroatoms. The van der Waals surface area contributed by atoms with E-state index in [9.17, 15) is 18.4 Å². The molecule has 4 rings (SSSR count). The number of benzene rings is 2. The summed E-state index contributed by atoms with van der Waals surface area (Å²) >= 11 is 0. The number of hydrogen-bond donors (Lipinski definition) is 1. The van der Waals surface area contributed by atoms with Crippen LogP contribution in [0.4, 0.5) is 14.5 Å². The van der Waals surface area contributed by atoms with E-state index < -0.39 is 23.0 Å². The molecule has 27 heavy (non-hydrogen) atoms. The van der Waals surface area contributed by atoms with Crippen LogP contribution in [0.3, 0.4) is 0 Å². The fourth-order valence-corrected chi connectivity index (χ4v) is 4.22. The topological polar surface area (TPSA) is 66.6 Å². The van der Waals surface area contributed by atoms with E-state index in [1.807, 2.05) is 29.2 Å². The van der Waals surface area contributed by atoms with Gasteiger partial charge in [-0.3, -0.25) is 14.5 Å². The van der Waals surface area contributed by atoms with Crippen molar-refractivity contribution in [3.05, 3.63) is 65.2 Å². The summed E-state index contributed by atoms with van der Waals surface area (Å²) in [6.07, 6.45) is 0.570. The number of para-hydroxylation sites is 1. The molecule has 2 aliphatic heterocycles. The molecular weight excluding hydrogens is 352 g/mol. The van der Waals surface area contributed by atoms with E-state index in [0.717, 1.165) is 11.6 Å². The lowest BCUT2D eigenvalue weighted by atomic mass is 9.81. The number of nitrogens with two attached hydrogens (primary N) is 1. The predicted molar refractivity (Wildman–Crippen MR) is 95.9 cm³/mol. The van der Waals surface area contributed by atoms with Gasteiger partial charge >= 0.3 is 0 Å². The lowest BCUT2D eigenvalue weighted by Gasteiger charge is -2.24. The maximum Gasteiger partial charge on any atom is 0.239 e. The van der Waals surface area contributed by atoms with Crippen molar-refractivity contribution < 1.29 is 18.4 Å². The SMILES string of the molecule is NC(=O)CN1C(=O)C2(CCN(Cc3ccc(F)cc3F)C2)c2ccccc21. The fraction of sp³-hybridized carbons (Fsp3) is 0.300. The highest BCUT2D eigenvalue weighted by Crippen LogP contribution is 2.47. The van der Waals surface area contributed by atoms with Crippen LogP contribution in [0.1, 0.15) is 17.5 Å². The van der Waals surface area contributed by atoms with Gasteiger partial charge in [0, 0.05) is 30.4 Å². The normalized spacial score (nSPS) is 21.9. The number of rotatable bonds is 4. The number of halogens is 2. The monoisotopic (exact) mass is 371 g/mol. The number of primary amides is 1. The second-order valence-corrected chi connectivity index (χ2v) is 7.15. The average Bonchev–Trinajstić information content (AvgIpc) is 3.14. The summed E-state index contributed by atoms with van der Waals surface area (Å²) < 4.78 is 27.1. The van der Waals surface area contributed by atoms with Gasteiger partial charge in [0.1, 0.15) is 18.2 Å². The summed E-state index contributed by atoms with van der Waals surface area (Å²) in [5, 5.41) is 0. The molecule has 0 aliphatic carbocycles. The highest BCUT2D eigenvalue weighted by atomic mass is 19.1. The highest BCUT2D eigenvalue weighted by Gasteiger charge is 2.54. The Morgan fingerprint density at radius 1 is 1.19 bits per heavy atom. The van der Waals surface area contributed by atoms with Crippen molar-refractivity contribution in [1.82, 2.24) is 4.90 Å². The Kier molecular flexibility index (Phi) is 4.19. The second-order valence-electron chi connectivity index (χ2n) is 7.15. The molecule has 0 aromatic heterocycles. The molecule has 2 aromatic carbocycles. The van der Waals surface area contributed by atoms with E-state index in [1.165, 1.54) is 17.0 Å². The third-order valence-electron chi connectivity index (χ3n) is 5.44. The summed E-state index contributed by atoms with van der Waals surface area (Å²) in [6.45, 7) is 1.14. The maximum atomic E-state index is 14.0. The first kappa shape index (κ1) is 17.6. The zero-order valence-corrected chi connectivity index (χ0v) is 14.6. The Labute approximate surface area is 155 Å². The van der Waals surface area contributed by atoms with E-state index >= 15 is 0 Å². The number of anilines is 1. The zero-order chi connectivity index (χ0) is 19.2. The molecule has 0 saturated carbocycles. The minimum absolute atomic E-state index is 0.149. The Morgan fingerprint density at radius 3 is 2.70 bits per heavy atom. The van der Waals surface area contributed by atoms with Crippen LogP contribution in [-0.4, -0.2) is 36.3 Å². The number of carbonyl (C=O) groups is 2. The van der Waals surface area contributed by atoms with Crippen LogP contribution >= 0.6 is 0 Å². The molecule has 140 valence electrons. The summed E-state index contributed by atoms with van der Waals surface area (Å²) in [4.78, 5) is 28.1. The van der Waals surface area contributed by atoms with E-state index in [0.29, 0.717) is 37.3 Å². The van der Waals surface area contributed by atoms with Crippen LogP contribution in [0.5, 0.6) is 0 Å². The van der Waals surface area contributed by atoms with E-state index in [2.05, 4.69) is 0 Å². The van der Waals surface area contributed by atoms with E-state index in [1.54, 1.807) is 0 Å². The van der Waals surface area contributed by atoms with Gasteiger partial charge in [0.2, 0.25) is 11.8 Å². The van der Waals surface area contributed by atoms with Gasteiger partial charge in [0.25, 0.3) is 0 Å². The summed E-state index contributed by atoms with van der Waals surface area (Å²) in [5.41, 5.74) is 6.53. The van der Waals surface area contributed by atoms with Gasteiger partial charge in [-0.05, 0) is 30.7 Å². The summed E-state index contributed by atoms with van der Waals surface area (Å²) in [7, 11) is 0. The second kappa shape index (κ2) is 6.42. The number of likely N-dealkylation sites (tertiary alicyclic amines) is 1. The quantitative estimate of drug-likeness (QED) is 0.893. The summed E-state index contributed by atoms with van der Waals surface area (Å²) in [5.74, 6) is -1.93. The minimum atomic E-state index is -0.761. The summed E-state index contributed by atoms with van der Waals surface area (Å²) in [6, 6.07) is 10.9. The van der Waals surface area contributed by atoms with Crippen LogP contribution in [0.25, 0.3) is 0 Å². The first-order valence-corrected chi connectivity index (χ1v) is 8.77. The molecule has 1 spiro atoms. The third kappa shape index (κ3) is 2.88. The zero-order valence-electron chi connectivity index (χ0n) is 14.6. The highest BCUT2D eigenvalue weighted by molar-refractivity contribution is 6.11. The minimum Gasteiger partial charge on any atom is -0.368 e. The molecule has 1 saturated heterocycles. The van der Waals surface area contributed by atoms with Crippen LogP contribution < -0.4 is 10.6 Å². The molecule has 2 N–H and O–H groups in total. The van der Waals surface area contributed by atoms with E-state index in [4.69, 9.17) is 5.73 Å². The third-order valence-corrected chi connectivity index (χ3v) is 5.44. The number of carbonyl (C=O) groups excluding carboxylic acids is 2. The molecule has 0 bridgehead atoms. The number of amides is 2. The number of fused-ring (bicyclic) bond motifs is 2. The van der Waals surface area contributed by atoms with Gasteiger partial charge in [-0.25, -0.2) is 8.78 Å². The van der Waals surface area contributed by atoms with Crippen LogP contribution in [0.15, 0.2) is 42.5 Å². The van der Waals surface area contributed by atoms with Gasteiger partial charge in [-0.1, -0.05) is 24.3 Å². The molecular formula is C20H19F2N3O2. The molecule has 2 amide bonds. The van der Waals surface area contributed by atoms with Crippen molar-refractivity contribution >= 4 is 17.5 Å². The molecule has 2 heterocycles. The molecule has 2 aliphatic rings. The van der Waals surface area contributed by atoms with Gasteiger partial charge in [0.05, 0.1) is 5.41 Å². The number of nitrogens with zero attached hydrogens (tertiary/aromatic N) is 2. The maximum absolute atomic E-state index is 14.0. The van der Waals surface area contributed by atoms with Crippen molar-refractivity contribution in [1.29, 1.82) is 0 Å². The first-order valence-electron chi connectivity index (χ1n) is 8.77. The Hall–Kier alpha value is -2.80. The van der Waals surface area contributed by atoms with Crippen molar-refractivity contribution in [2.75, 3.05) is 24.5 Å². The van der Waals surface area contributed by atoms with Crippen LogP contribution in [0.2, 0.25) is 0 Å². The standard InChI is InChI=1S/C20H19F2N3O2/c21-14-6-5-13(16(22)9-14)10-24-8-7-20(12-24)15-3-1-2-4-17(15)25(19(20)27)11-18(23)26/h1-6,9H,7-8,10-12H2,(H2,23,26). The molecule has 1 unspecified atom stereocenters. The molecule has 5 nitrogen and oxygen atoms in total. The number of hydrogen-bond acceptors (Lipinski definition) is 3. The Bertz CT molecular complexity index is 933. The van der Waals surface area contributed by atoms with Gasteiger partial charge in [-0.15, -0.1) is 0 Å². The molecule has 2 aromatic rings. The van der Waals surface area contributed by atoms with Gasteiger partial charge < -0.3 is 10.6 Å². The molecule has 1 atom stereocenters. The van der Waals surface area contributed by atoms with Crippen LogP contribution in [0, 0.1) is 11.6 Å². The Morgan fingerprint density at radius 2 is 1.96 bits per heavy atom.